The quantitative estimate of drug-likeness (QED) is 0.631. The van der Waals surface area contributed by atoms with Gasteiger partial charge in [-0.15, -0.1) is 11.3 Å². The SMILES string of the molecule is CCOc1ccc(OCC)c(C(=O)N=c2sc(C(C)(C)C)c(C)n2CC2CC2)c1. The summed E-state index contributed by atoms with van der Waals surface area (Å²) in [7, 11) is 0. The van der Waals surface area contributed by atoms with Gasteiger partial charge in [0.2, 0.25) is 0 Å². The first-order valence-electron chi connectivity index (χ1n) is 10.4. The molecule has 0 N–H and O–H groups in total. The van der Waals surface area contributed by atoms with Crippen LogP contribution in [0.25, 0.3) is 0 Å². The number of rotatable bonds is 7. The van der Waals surface area contributed by atoms with Crippen LogP contribution in [0.4, 0.5) is 0 Å². The lowest BCUT2D eigenvalue weighted by molar-refractivity contribution is 0.0993. The van der Waals surface area contributed by atoms with Gasteiger partial charge >= 0.3 is 0 Å². The second kappa shape index (κ2) is 8.74. The van der Waals surface area contributed by atoms with E-state index in [1.165, 1.54) is 23.4 Å². The summed E-state index contributed by atoms with van der Waals surface area (Å²) in [5.74, 6) is 1.60. The molecule has 0 aliphatic heterocycles. The normalized spacial score (nSPS) is 14.9. The zero-order chi connectivity index (χ0) is 21.2. The molecule has 1 aromatic heterocycles. The minimum atomic E-state index is -0.291. The Morgan fingerprint density at radius 1 is 1.21 bits per heavy atom. The Hall–Kier alpha value is -2.08. The third-order valence-corrected chi connectivity index (χ3v) is 6.57. The van der Waals surface area contributed by atoms with Crippen molar-refractivity contribution in [2.75, 3.05) is 13.2 Å². The molecule has 2 aromatic rings. The van der Waals surface area contributed by atoms with Gasteiger partial charge in [-0.1, -0.05) is 20.8 Å². The standard InChI is InChI=1S/C23H32N2O3S/c1-7-27-17-11-12-19(28-8-2)18(13-17)21(26)24-22-25(14-16-9-10-16)15(3)20(29-22)23(4,5)6/h11-13,16H,7-10,14H2,1-6H3. The van der Waals surface area contributed by atoms with Gasteiger partial charge in [0.05, 0.1) is 18.8 Å². The summed E-state index contributed by atoms with van der Waals surface area (Å²) in [5.41, 5.74) is 1.68. The highest BCUT2D eigenvalue weighted by molar-refractivity contribution is 7.09. The second-order valence-electron chi connectivity index (χ2n) is 8.54. The first kappa shape index (κ1) is 21.6. The summed E-state index contributed by atoms with van der Waals surface area (Å²) in [4.78, 5) is 19.8. The number of amides is 1. The van der Waals surface area contributed by atoms with Crippen LogP contribution in [0.1, 0.15) is 68.4 Å². The molecule has 1 aromatic carbocycles. The van der Waals surface area contributed by atoms with Gasteiger partial charge in [-0.25, -0.2) is 0 Å². The van der Waals surface area contributed by atoms with E-state index >= 15 is 0 Å². The van der Waals surface area contributed by atoms with Crippen LogP contribution >= 0.6 is 11.3 Å². The molecule has 0 spiro atoms. The van der Waals surface area contributed by atoms with Crippen molar-refractivity contribution in [3.63, 3.8) is 0 Å². The minimum absolute atomic E-state index is 0.0161. The fourth-order valence-corrected chi connectivity index (χ4v) is 4.60. The first-order chi connectivity index (χ1) is 13.7. The summed E-state index contributed by atoms with van der Waals surface area (Å²) in [5, 5.41) is 0. The van der Waals surface area contributed by atoms with Crippen molar-refractivity contribution >= 4 is 17.2 Å². The van der Waals surface area contributed by atoms with Gasteiger partial charge in [0.15, 0.2) is 4.80 Å². The predicted octanol–water partition coefficient (Wildman–Crippen LogP) is 5.10. The molecule has 1 heterocycles. The molecule has 1 fully saturated rings. The zero-order valence-electron chi connectivity index (χ0n) is 18.4. The van der Waals surface area contributed by atoms with Crippen molar-refractivity contribution in [3.8, 4) is 11.5 Å². The highest BCUT2D eigenvalue weighted by atomic mass is 32.1. The van der Waals surface area contributed by atoms with Crippen molar-refractivity contribution < 1.29 is 14.3 Å². The van der Waals surface area contributed by atoms with E-state index in [-0.39, 0.29) is 11.3 Å². The Kier molecular flexibility index (Phi) is 6.52. The van der Waals surface area contributed by atoms with Crippen molar-refractivity contribution in [3.05, 3.63) is 39.1 Å². The maximum absolute atomic E-state index is 13.2. The molecule has 29 heavy (non-hydrogen) atoms. The van der Waals surface area contributed by atoms with E-state index in [1.807, 2.05) is 19.9 Å². The molecule has 0 bridgehead atoms. The number of hydrogen-bond donors (Lipinski definition) is 0. The van der Waals surface area contributed by atoms with Gasteiger partial charge in [0, 0.05) is 17.1 Å². The third-order valence-electron chi connectivity index (χ3n) is 4.97. The van der Waals surface area contributed by atoms with Crippen LogP contribution in [-0.2, 0) is 12.0 Å². The smallest absolute Gasteiger partial charge is 0.283 e. The Balaban J connectivity index is 2.07. The van der Waals surface area contributed by atoms with E-state index in [1.54, 1.807) is 23.5 Å². The maximum Gasteiger partial charge on any atom is 0.283 e. The largest absolute Gasteiger partial charge is 0.494 e. The fraction of sp³-hybridized carbons (Fsp3) is 0.565. The summed E-state index contributed by atoms with van der Waals surface area (Å²) in [6, 6.07) is 5.35. The molecule has 6 heteroatoms. The van der Waals surface area contributed by atoms with Crippen LogP contribution in [0.15, 0.2) is 23.2 Å². The van der Waals surface area contributed by atoms with Crippen LogP contribution in [0.3, 0.4) is 0 Å². The molecule has 0 saturated heterocycles. The van der Waals surface area contributed by atoms with Crippen LogP contribution in [-0.4, -0.2) is 23.7 Å². The molecule has 1 saturated carbocycles. The monoisotopic (exact) mass is 416 g/mol. The van der Waals surface area contributed by atoms with Gasteiger partial charge in [-0.2, -0.15) is 4.99 Å². The van der Waals surface area contributed by atoms with Gasteiger partial charge in [0.1, 0.15) is 11.5 Å². The number of carbonyl (C=O) groups excluding carboxylic acids is 1. The van der Waals surface area contributed by atoms with E-state index in [2.05, 4.69) is 37.3 Å². The lowest BCUT2D eigenvalue weighted by atomic mass is 9.93. The van der Waals surface area contributed by atoms with E-state index in [9.17, 15) is 4.79 Å². The Bertz CT molecular complexity index is 946. The zero-order valence-corrected chi connectivity index (χ0v) is 19.2. The van der Waals surface area contributed by atoms with Gasteiger partial charge in [0.25, 0.3) is 5.91 Å². The van der Waals surface area contributed by atoms with Crippen LogP contribution in [0.5, 0.6) is 11.5 Å². The number of aromatic nitrogens is 1. The van der Waals surface area contributed by atoms with Crippen LogP contribution < -0.4 is 14.3 Å². The average Bonchev–Trinajstić information content (AvgIpc) is 3.42. The number of ether oxygens (including phenoxy) is 2. The second-order valence-corrected chi connectivity index (χ2v) is 9.52. The summed E-state index contributed by atoms with van der Waals surface area (Å²) in [6.07, 6.45) is 2.51. The molecule has 1 amide bonds. The van der Waals surface area contributed by atoms with Crippen molar-refractivity contribution in [1.29, 1.82) is 0 Å². The lowest BCUT2D eigenvalue weighted by Gasteiger charge is -2.17. The van der Waals surface area contributed by atoms with E-state index in [0.29, 0.717) is 36.2 Å². The molecular weight excluding hydrogens is 384 g/mol. The third kappa shape index (κ3) is 5.10. The molecular formula is C23H32N2O3S. The molecule has 5 nitrogen and oxygen atoms in total. The van der Waals surface area contributed by atoms with Crippen molar-refractivity contribution in [2.45, 2.75) is 66.3 Å². The summed E-state index contributed by atoms with van der Waals surface area (Å²) in [6.45, 7) is 14.6. The Morgan fingerprint density at radius 2 is 1.90 bits per heavy atom. The molecule has 0 unspecified atom stereocenters. The highest BCUT2D eigenvalue weighted by Crippen LogP contribution is 2.34. The van der Waals surface area contributed by atoms with Gasteiger partial charge in [-0.3, -0.25) is 4.79 Å². The molecule has 0 atom stereocenters. The Morgan fingerprint density at radius 3 is 2.48 bits per heavy atom. The summed E-state index contributed by atoms with van der Waals surface area (Å²) >= 11 is 1.62. The maximum atomic E-state index is 13.2. The minimum Gasteiger partial charge on any atom is -0.494 e. The molecule has 0 radical (unpaired) electrons. The number of carbonyl (C=O) groups is 1. The van der Waals surface area contributed by atoms with E-state index in [0.717, 1.165) is 11.3 Å². The number of nitrogens with zero attached hydrogens (tertiary/aromatic N) is 2. The predicted molar refractivity (Wildman–Crippen MR) is 117 cm³/mol. The summed E-state index contributed by atoms with van der Waals surface area (Å²) < 4.78 is 13.5. The first-order valence-corrected chi connectivity index (χ1v) is 11.3. The number of hydrogen-bond acceptors (Lipinski definition) is 4. The topological polar surface area (TPSA) is 52.8 Å². The molecule has 1 aliphatic rings. The highest BCUT2D eigenvalue weighted by Gasteiger charge is 2.27. The fourth-order valence-electron chi connectivity index (χ4n) is 3.40. The van der Waals surface area contributed by atoms with Crippen molar-refractivity contribution in [1.82, 2.24) is 4.57 Å². The number of benzene rings is 1. The molecule has 3 rings (SSSR count). The van der Waals surface area contributed by atoms with Gasteiger partial charge < -0.3 is 14.0 Å². The van der Waals surface area contributed by atoms with E-state index in [4.69, 9.17) is 9.47 Å². The number of thiazole rings is 1. The Labute approximate surface area is 177 Å². The van der Waals surface area contributed by atoms with Crippen LogP contribution in [0, 0.1) is 12.8 Å². The molecule has 158 valence electrons. The molecule has 1 aliphatic carbocycles. The lowest BCUT2D eigenvalue weighted by Crippen LogP contribution is -2.20. The average molecular weight is 417 g/mol. The van der Waals surface area contributed by atoms with Gasteiger partial charge in [-0.05, 0) is 63.1 Å². The van der Waals surface area contributed by atoms with E-state index < -0.39 is 0 Å². The van der Waals surface area contributed by atoms with Crippen molar-refractivity contribution in [2.24, 2.45) is 10.9 Å². The van der Waals surface area contributed by atoms with Crippen LogP contribution in [0.2, 0.25) is 0 Å².